The van der Waals surface area contributed by atoms with Crippen LogP contribution in [0.2, 0.25) is 0 Å². The van der Waals surface area contributed by atoms with Crippen LogP contribution in [-0.2, 0) is 20.7 Å². The lowest BCUT2D eigenvalue weighted by atomic mass is 10.2. The standard InChI is InChI=1S/C20H16FN3O3S2/c21-15-5-1-2-6-16(15)24(9-4-8-22)18(25)12-27-19(26)11-14-13-29-20(23-14)17-7-3-10-28-17/h1-3,5-7,10,13H,4,9,11-12H2. The van der Waals surface area contributed by atoms with Crippen molar-refractivity contribution >= 4 is 40.2 Å². The number of halogens is 1. The number of carbonyl (C=O) groups is 2. The molecule has 3 aromatic rings. The first-order valence-electron chi connectivity index (χ1n) is 8.64. The number of benzene rings is 1. The Balaban J connectivity index is 1.58. The Kier molecular flexibility index (Phi) is 7.05. The van der Waals surface area contributed by atoms with Crippen molar-refractivity contribution in [1.29, 1.82) is 5.26 Å². The Hall–Kier alpha value is -3.09. The van der Waals surface area contributed by atoms with Gasteiger partial charge in [0.2, 0.25) is 0 Å². The first kappa shape index (κ1) is 20.6. The first-order chi connectivity index (χ1) is 14.1. The van der Waals surface area contributed by atoms with Crippen molar-refractivity contribution in [1.82, 2.24) is 4.98 Å². The molecule has 1 amide bonds. The van der Waals surface area contributed by atoms with E-state index in [4.69, 9.17) is 10.00 Å². The normalized spacial score (nSPS) is 10.3. The number of para-hydroxylation sites is 1. The summed E-state index contributed by atoms with van der Waals surface area (Å²) in [5.41, 5.74) is 0.607. The molecule has 2 heterocycles. The fourth-order valence-corrected chi connectivity index (χ4v) is 4.17. The summed E-state index contributed by atoms with van der Waals surface area (Å²) in [5.74, 6) is -1.79. The van der Waals surface area contributed by atoms with E-state index in [-0.39, 0.29) is 25.1 Å². The Bertz CT molecular complexity index is 1030. The maximum Gasteiger partial charge on any atom is 0.312 e. The van der Waals surface area contributed by atoms with Gasteiger partial charge in [-0.25, -0.2) is 9.37 Å². The third-order valence-corrected chi connectivity index (χ3v) is 5.79. The van der Waals surface area contributed by atoms with Gasteiger partial charge in [0, 0.05) is 11.9 Å². The number of ether oxygens (including phenoxy) is 1. The predicted octanol–water partition coefficient (Wildman–Crippen LogP) is 4.04. The minimum atomic E-state index is -0.602. The van der Waals surface area contributed by atoms with Crippen LogP contribution in [-0.4, -0.2) is 30.0 Å². The number of nitriles is 1. The van der Waals surface area contributed by atoms with Crippen LogP contribution in [0.3, 0.4) is 0 Å². The molecule has 0 unspecified atom stereocenters. The van der Waals surface area contributed by atoms with Crippen LogP contribution >= 0.6 is 22.7 Å². The van der Waals surface area contributed by atoms with Crippen molar-refractivity contribution in [2.24, 2.45) is 0 Å². The molecule has 0 spiro atoms. The topological polar surface area (TPSA) is 83.3 Å². The molecular formula is C20H16FN3O3S2. The lowest BCUT2D eigenvalue weighted by Gasteiger charge is -2.22. The molecule has 29 heavy (non-hydrogen) atoms. The zero-order chi connectivity index (χ0) is 20.6. The van der Waals surface area contributed by atoms with Crippen LogP contribution in [0.4, 0.5) is 10.1 Å². The van der Waals surface area contributed by atoms with E-state index in [1.54, 1.807) is 22.8 Å². The highest BCUT2D eigenvalue weighted by molar-refractivity contribution is 7.20. The van der Waals surface area contributed by atoms with Gasteiger partial charge in [0.1, 0.15) is 10.8 Å². The Morgan fingerprint density at radius 3 is 2.76 bits per heavy atom. The zero-order valence-electron chi connectivity index (χ0n) is 15.2. The van der Waals surface area contributed by atoms with Crippen LogP contribution in [0.5, 0.6) is 0 Å². The Morgan fingerprint density at radius 2 is 2.03 bits per heavy atom. The molecule has 3 rings (SSSR count). The molecule has 0 N–H and O–H groups in total. The van der Waals surface area contributed by atoms with Crippen LogP contribution in [0.25, 0.3) is 9.88 Å². The molecule has 6 nitrogen and oxygen atoms in total. The summed E-state index contributed by atoms with van der Waals surface area (Å²) in [6.07, 6.45) is -0.0363. The summed E-state index contributed by atoms with van der Waals surface area (Å²) in [4.78, 5) is 31.1. The second kappa shape index (κ2) is 9.91. The highest BCUT2D eigenvalue weighted by Crippen LogP contribution is 2.28. The number of amides is 1. The maximum atomic E-state index is 14.0. The van der Waals surface area contributed by atoms with Crippen molar-refractivity contribution < 1.29 is 18.7 Å². The number of carbonyl (C=O) groups excluding carboxylic acids is 2. The highest BCUT2D eigenvalue weighted by Gasteiger charge is 2.20. The molecule has 0 aliphatic rings. The second-order valence-electron chi connectivity index (χ2n) is 5.86. The molecule has 0 saturated heterocycles. The third kappa shape index (κ3) is 5.47. The van der Waals surface area contributed by atoms with Gasteiger partial charge in [-0.1, -0.05) is 18.2 Å². The number of thiophene rings is 1. The minimum absolute atomic E-state index is 0.00404. The van der Waals surface area contributed by atoms with Crippen molar-refractivity contribution in [2.75, 3.05) is 18.1 Å². The molecule has 0 aliphatic carbocycles. The van der Waals surface area contributed by atoms with Gasteiger partial charge in [0.15, 0.2) is 6.61 Å². The number of thiazole rings is 1. The van der Waals surface area contributed by atoms with Crippen LogP contribution in [0, 0.1) is 17.1 Å². The van der Waals surface area contributed by atoms with Gasteiger partial charge in [-0.15, -0.1) is 22.7 Å². The largest absolute Gasteiger partial charge is 0.455 e. The van der Waals surface area contributed by atoms with Crippen molar-refractivity contribution in [3.63, 3.8) is 0 Å². The van der Waals surface area contributed by atoms with Crippen molar-refractivity contribution in [2.45, 2.75) is 12.8 Å². The van der Waals surface area contributed by atoms with Gasteiger partial charge >= 0.3 is 5.97 Å². The molecule has 0 saturated carbocycles. The molecule has 148 valence electrons. The predicted molar refractivity (Wildman–Crippen MR) is 109 cm³/mol. The molecule has 0 fully saturated rings. The molecular weight excluding hydrogens is 413 g/mol. The number of hydrogen-bond donors (Lipinski definition) is 0. The smallest absolute Gasteiger partial charge is 0.312 e. The van der Waals surface area contributed by atoms with Gasteiger partial charge in [-0.3, -0.25) is 9.59 Å². The van der Waals surface area contributed by atoms with Crippen LogP contribution < -0.4 is 4.90 Å². The average Bonchev–Trinajstić information content (AvgIpc) is 3.39. The summed E-state index contributed by atoms with van der Waals surface area (Å²) in [6.45, 7) is -0.537. The molecule has 2 aromatic heterocycles. The maximum absolute atomic E-state index is 14.0. The SMILES string of the molecule is N#CCCN(C(=O)COC(=O)Cc1csc(-c2cccs2)n1)c1ccccc1F. The molecule has 9 heteroatoms. The monoisotopic (exact) mass is 429 g/mol. The molecule has 0 atom stereocenters. The lowest BCUT2D eigenvalue weighted by molar-refractivity contribution is -0.147. The van der Waals surface area contributed by atoms with E-state index in [1.807, 2.05) is 23.6 Å². The van der Waals surface area contributed by atoms with Crippen molar-refractivity contribution in [3.8, 4) is 16.0 Å². The number of rotatable bonds is 8. The third-order valence-electron chi connectivity index (χ3n) is 3.86. The number of aromatic nitrogens is 1. The van der Waals surface area contributed by atoms with Gasteiger partial charge in [-0.2, -0.15) is 5.26 Å². The fourth-order valence-electron chi connectivity index (χ4n) is 2.53. The van der Waals surface area contributed by atoms with E-state index in [1.165, 1.54) is 29.5 Å². The zero-order valence-corrected chi connectivity index (χ0v) is 16.8. The van der Waals surface area contributed by atoms with Gasteiger partial charge in [0.05, 0.1) is 35.2 Å². The van der Waals surface area contributed by atoms with Gasteiger partial charge in [0.25, 0.3) is 5.91 Å². The quantitative estimate of drug-likeness (QED) is 0.505. The fraction of sp³-hybridized carbons (Fsp3) is 0.200. The molecule has 0 bridgehead atoms. The van der Waals surface area contributed by atoms with E-state index < -0.39 is 24.3 Å². The summed E-state index contributed by atoms with van der Waals surface area (Å²) in [7, 11) is 0. The number of hydrogen-bond acceptors (Lipinski definition) is 7. The van der Waals surface area contributed by atoms with Crippen LogP contribution in [0.1, 0.15) is 12.1 Å². The summed E-state index contributed by atoms with van der Waals surface area (Å²) in [6, 6.07) is 11.5. The molecule has 1 aromatic carbocycles. The highest BCUT2D eigenvalue weighted by atomic mass is 32.1. The second-order valence-corrected chi connectivity index (χ2v) is 7.67. The summed E-state index contributed by atoms with van der Waals surface area (Å²) in [5, 5.41) is 13.3. The molecule has 0 radical (unpaired) electrons. The summed E-state index contributed by atoms with van der Waals surface area (Å²) >= 11 is 2.99. The first-order valence-corrected chi connectivity index (χ1v) is 10.4. The van der Waals surface area contributed by atoms with E-state index in [2.05, 4.69) is 4.98 Å². The minimum Gasteiger partial charge on any atom is -0.455 e. The van der Waals surface area contributed by atoms with Crippen LogP contribution in [0.15, 0.2) is 47.2 Å². The Labute approximate surface area is 174 Å². The van der Waals surface area contributed by atoms with E-state index >= 15 is 0 Å². The van der Waals surface area contributed by atoms with E-state index in [0.717, 1.165) is 14.8 Å². The van der Waals surface area contributed by atoms with Crippen molar-refractivity contribution in [3.05, 3.63) is 58.7 Å². The van der Waals surface area contributed by atoms with Gasteiger partial charge in [-0.05, 0) is 23.6 Å². The summed E-state index contributed by atoms with van der Waals surface area (Å²) < 4.78 is 19.1. The lowest BCUT2D eigenvalue weighted by Crippen LogP contribution is -2.36. The molecule has 0 aliphatic heterocycles. The number of nitrogens with zero attached hydrogens (tertiary/aromatic N) is 3. The average molecular weight is 429 g/mol. The van der Waals surface area contributed by atoms with E-state index in [0.29, 0.717) is 5.69 Å². The van der Waals surface area contributed by atoms with E-state index in [9.17, 15) is 14.0 Å². The number of anilines is 1. The van der Waals surface area contributed by atoms with Gasteiger partial charge < -0.3 is 9.64 Å². The number of esters is 1. The Morgan fingerprint density at radius 1 is 1.21 bits per heavy atom.